The van der Waals surface area contributed by atoms with Crippen molar-refractivity contribution in [2.45, 2.75) is 60.3 Å². The van der Waals surface area contributed by atoms with E-state index >= 15 is 0 Å². The molecule has 48 heavy (non-hydrogen) atoms. The largest absolute Gasteiger partial charge is 0.454 e. The second kappa shape index (κ2) is 10.1. The minimum Gasteiger partial charge on any atom is -0.454 e. The van der Waals surface area contributed by atoms with E-state index in [-0.39, 0.29) is 31.1 Å². The number of nitrogens with zero attached hydrogens (tertiary/aromatic N) is 2. The summed E-state index contributed by atoms with van der Waals surface area (Å²) in [6.07, 6.45) is 8.08. The first kappa shape index (κ1) is 29.4. The maximum Gasteiger partial charge on any atom is 0.252 e. The highest BCUT2D eigenvalue weighted by Crippen LogP contribution is 2.53. The average Bonchev–Trinajstić information content (AvgIpc) is 3.74. The zero-order chi connectivity index (χ0) is 33.1. The van der Waals surface area contributed by atoms with Gasteiger partial charge in [-0.15, -0.1) is 0 Å². The monoisotopic (exact) mass is 636 g/mol. The minimum absolute atomic E-state index is 0.0492. The number of rotatable bonds is 2. The molecule has 5 aliphatic rings. The van der Waals surface area contributed by atoms with Gasteiger partial charge in [-0.1, -0.05) is 78.0 Å². The molecule has 1 atom stereocenters. The Balaban J connectivity index is 1.33. The highest BCUT2D eigenvalue weighted by atomic mass is 16.7. The van der Waals surface area contributed by atoms with Gasteiger partial charge in [0, 0.05) is 22.8 Å². The summed E-state index contributed by atoms with van der Waals surface area (Å²) in [5, 5.41) is 0. The molecule has 1 aliphatic carbocycles. The molecule has 4 heterocycles. The van der Waals surface area contributed by atoms with E-state index in [0.29, 0.717) is 5.92 Å². The molecule has 0 amide bonds. The number of anilines is 5. The Bertz CT molecular complexity index is 2070. The van der Waals surface area contributed by atoms with E-state index < -0.39 is 0 Å². The molecular weight excluding hydrogens is 595 g/mol. The van der Waals surface area contributed by atoms with E-state index in [1.807, 2.05) is 0 Å². The predicted octanol–water partition coefficient (Wildman–Crippen LogP) is 8.01. The lowest BCUT2D eigenvalue weighted by atomic mass is 9.33. The number of aryl methyl sites for hydroxylation is 1. The molecule has 0 saturated heterocycles. The average molecular weight is 637 g/mol. The van der Waals surface area contributed by atoms with Gasteiger partial charge in [0.05, 0.1) is 11.4 Å². The molecule has 0 aromatic heterocycles. The number of allylic oxidation sites excluding steroid dienone is 3. The number of hydrogen-bond donors (Lipinski definition) is 0. The topological polar surface area (TPSA) is 43.4 Å². The normalized spacial score (nSPS) is 18.4. The summed E-state index contributed by atoms with van der Waals surface area (Å²) < 4.78 is 24.6. The van der Waals surface area contributed by atoms with Crippen molar-refractivity contribution in [2.75, 3.05) is 23.4 Å². The number of benzene rings is 4. The number of ether oxygens (including phenoxy) is 4. The van der Waals surface area contributed by atoms with E-state index in [1.54, 1.807) is 0 Å². The summed E-state index contributed by atoms with van der Waals surface area (Å²) in [4.78, 5) is 4.83. The highest BCUT2D eigenvalue weighted by molar-refractivity contribution is 7.00. The quantitative estimate of drug-likeness (QED) is 0.183. The van der Waals surface area contributed by atoms with Crippen LogP contribution in [0.4, 0.5) is 28.4 Å². The first-order chi connectivity index (χ1) is 23.0. The van der Waals surface area contributed by atoms with Gasteiger partial charge in [0.2, 0.25) is 13.6 Å². The lowest BCUT2D eigenvalue weighted by Gasteiger charge is -2.45. The molecule has 4 aliphatic heterocycles. The van der Waals surface area contributed by atoms with E-state index in [4.69, 9.17) is 18.9 Å². The van der Waals surface area contributed by atoms with E-state index in [2.05, 4.69) is 137 Å². The fourth-order valence-electron chi connectivity index (χ4n) is 8.08. The van der Waals surface area contributed by atoms with Gasteiger partial charge in [0.1, 0.15) is 0 Å². The van der Waals surface area contributed by atoms with Crippen LogP contribution in [0.3, 0.4) is 0 Å². The second-order valence-corrected chi connectivity index (χ2v) is 15.8. The Morgan fingerprint density at radius 2 is 1.29 bits per heavy atom. The molecule has 9 rings (SSSR count). The van der Waals surface area contributed by atoms with Crippen LogP contribution in [0.15, 0.2) is 84.6 Å². The minimum atomic E-state index is -0.0542. The Morgan fingerprint density at radius 1 is 0.708 bits per heavy atom. The van der Waals surface area contributed by atoms with Crippen LogP contribution in [0.1, 0.15) is 59.1 Å². The van der Waals surface area contributed by atoms with Crippen LogP contribution in [0.5, 0.6) is 23.0 Å². The van der Waals surface area contributed by atoms with Gasteiger partial charge >= 0.3 is 0 Å². The molecule has 4 aromatic rings. The number of fused-ring (bicyclic) bond motifs is 8. The van der Waals surface area contributed by atoms with Crippen molar-refractivity contribution in [3.63, 3.8) is 0 Å². The van der Waals surface area contributed by atoms with E-state index in [9.17, 15) is 0 Å². The lowest BCUT2D eigenvalue weighted by Crippen LogP contribution is -2.61. The van der Waals surface area contributed by atoms with Crippen LogP contribution in [0.2, 0.25) is 0 Å². The third-order valence-corrected chi connectivity index (χ3v) is 10.7. The molecule has 0 saturated carbocycles. The summed E-state index contributed by atoms with van der Waals surface area (Å²) >= 11 is 0. The van der Waals surface area contributed by atoms with Crippen LogP contribution in [0, 0.1) is 18.3 Å². The SMILES string of the molecule is Cc1cc2c3c(c1)N(c1ccc(C(C)(C)C)cc1)c1c(ccc4c1OCO4)B3c1ccc3c(c1N2C1=CCC(C(C)(C)C)C=C1)OCO3. The van der Waals surface area contributed by atoms with Crippen molar-refractivity contribution >= 4 is 51.5 Å². The summed E-state index contributed by atoms with van der Waals surface area (Å²) in [6, 6.07) is 22.3. The zero-order valence-corrected chi connectivity index (χ0v) is 28.8. The summed E-state index contributed by atoms with van der Waals surface area (Å²) in [5.74, 6) is 3.61. The zero-order valence-electron chi connectivity index (χ0n) is 28.8. The van der Waals surface area contributed by atoms with Crippen molar-refractivity contribution in [1.82, 2.24) is 0 Å². The Morgan fingerprint density at radius 3 is 1.83 bits per heavy atom. The van der Waals surface area contributed by atoms with Gasteiger partial charge < -0.3 is 28.7 Å². The standard InChI is InChI=1S/C41H41BN2O4/c1-24-20-31-35-32(21-24)44(28-14-10-26(11-15-28)41(5,6)7)37-30(17-19-34-39(37)48-23-46-34)42(35)29-16-18-33-38(47-22-45-33)36(29)43(31)27-12-8-25(9-13-27)40(2,3)4/h8-10,12-21,26H,11,22-23H2,1-7H3. The Labute approximate surface area is 283 Å². The third-order valence-electron chi connectivity index (χ3n) is 10.7. The van der Waals surface area contributed by atoms with Gasteiger partial charge in [-0.3, -0.25) is 0 Å². The molecule has 4 aromatic carbocycles. The first-order valence-corrected chi connectivity index (χ1v) is 17.1. The molecular formula is C41H41BN2O4. The molecule has 7 heteroatoms. The van der Waals surface area contributed by atoms with Gasteiger partial charge in [0.25, 0.3) is 6.71 Å². The van der Waals surface area contributed by atoms with Crippen molar-refractivity contribution in [1.29, 1.82) is 0 Å². The predicted molar refractivity (Wildman–Crippen MR) is 195 cm³/mol. The van der Waals surface area contributed by atoms with Crippen LogP contribution >= 0.6 is 0 Å². The molecule has 242 valence electrons. The van der Waals surface area contributed by atoms with Crippen LogP contribution in [-0.4, -0.2) is 20.3 Å². The van der Waals surface area contributed by atoms with Crippen LogP contribution in [0.25, 0.3) is 0 Å². The highest BCUT2D eigenvalue weighted by Gasteiger charge is 2.47. The van der Waals surface area contributed by atoms with Crippen LogP contribution in [-0.2, 0) is 5.41 Å². The van der Waals surface area contributed by atoms with Gasteiger partial charge in [-0.05, 0) is 100 Å². The summed E-state index contributed by atoms with van der Waals surface area (Å²) in [7, 11) is 0. The van der Waals surface area contributed by atoms with Crippen molar-refractivity contribution in [2.24, 2.45) is 11.3 Å². The van der Waals surface area contributed by atoms with E-state index in [1.165, 1.54) is 27.5 Å². The molecule has 0 fully saturated rings. The van der Waals surface area contributed by atoms with Crippen LogP contribution < -0.4 is 45.1 Å². The van der Waals surface area contributed by atoms with Crippen molar-refractivity contribution in [3.8, 4) is 23.0 Å². The Hall–Kier alpha value is -4.78. The van der Waals surface area contributed by atoms with Gasteiger partial charge in [0.15, 0.2) is 23.0 Å². The summed E-state index contributed by atoms with van der Waals surface area (Å²) in [5.41, 5.74) is 13.0. The maximum absolute atomic E-state index is 6.30. The first-order valence-electron chi connectivity index (χ1n) is 17.1. The summed E-state index contributed by atoms with van der Waals surface area (Å²) in [6.45, 7) is 16.3. The molecule has 0 radical (unpaired) electrons. The molecule has 0 N–H and O–H groups in total. The second-order valence-electron chi connectivity index (χ2n) is 15.8. The molecule has 1 unspecified atom stereocenters. The number of hydrogen-bond acceptors (Lipinski definition) is 6. The third kappa shape index (κ3) is 4.25. The van der Waals surface area contributed by atoms with Gasteiger partial charge in [-0.25, -0.2) is 0 Å². The fraction of sp³-hybridized carbons (Fsp3) is 0.317. The van der Waals surface area contributed by atoms with Gasteiger partial charge in [-0.2, -0.15) is 0 Å². The lowest BCUT2D eigenvalue weighted by molar-refractivity contribution is 0.174. The fourth-order valence-corrected chi connectivity index (χ4v) is 8.08. The molecule has 0 bridgehead atoms. The van der Waals surface area contributed by atoms with Crippen molar-refractivity contribution in [3.05, 3.63) is 95.7 Å². The van der Waals surface area contributed by atoms with Crippen molar-refractivity contribution < 1.29 is 18.9 Å². The Kier molecular flexibility index (Phi) is 6.19. The molecule has 0 spiro atoms. The smallest absolute Gasteiger partial charge is 0.252 e. The molecule has 6 nitrogen and oxygen atoms in total. The van der Waals surface area contributed by atoms with E-state index in [0.717, 1.165) is 63.6 Å². The maximum atomic E-state index is 6.30.